The van der Waals surface area contributed by atoms with Gasteiger partial charge in [0.2, 0.25) is 5.75 Å². The molecule has 3 aromatic rings. The molecule has 0 fully saturated rings. The van der Waals surface area contributed by atoms with E-state index >= 15 is 0 Å². The van der Waals surface area contributed by atoms with E-state index in [-0.39, 0.29) is 5.91 Å². The highest BCUT2D eigenvalue weighted by atomic mass is 16.5. The Morgan fingerprint density at radius 1 is 0.966 bits per heavy atom. The Labute approximate surface area is 170 Å². The van der Waals surface area contributed by atoms with Crippen molar-refractivity contribution in [3.8, 4) is 28.6 Å². The number of benzene rings is 2. The van der Waals surface area contributed by atoms with Crippen molar-refractivity contribution in [3.05, 3.63) is 58.9 Å². The van der Waals surface area contributed by atoms with E-state index in [1.165, 1.54) is 21.3 Å². The van der Waals surface area contributed by atoms with Crippen molar-refractivity contribution in [3.63, 3.8) is 0 Å². The van der Waals surface area contributed by atoms with Gasteiger partial charge in [-0.05, 0) is 44.0 Å². The van der Waals surface area contributed by atoms with Crippen molar-refractivity contribution >= 4 is 5.91 Å². The maximum atomic E-state index is 13.0. The maximum Gasteiger partial charge on any atom is 0.270 e. The smallest absolute Gasteiger partial charge is 0.270 e. The summed E-state index contributed by atoms with van der Waals surface area (Å²) in [6, 6.07) is 9.28. The van der Waals surface area contributed by atoms with Crippen molar-refractivity contribution in [2.24, 2.45) is 0 Å². The van der Waals surface area contributed by atoms with E-state index in [9.17, 15) is 4.79 Å². The molecular formula is C22H25N3O4. The van der Waals surface area contributed by atoms with E-state index in [2.05, 4.69) is 10.4 Å². The van der Waals surface area contributed by atoms with E-state index in [4.69, 9.17) is 14.2 Å². The molecule has 1 heterocycles. The summed E-state index contributed by atoms with van der Waals surface area (Å²) in [4.78, 5) is 17.6. The van der Waals surface area contributed by atoms with Crippen molar-refractivity contribution in [2.45, 2.75) is 20.8 Å². The summed E-state index contributed by atoms with van der Waals surface area (Å²) in [5.74, 6) is 1.61. The van der Waals surface area contributed by atoms with Crippen LogP contribution in [0.3, 0.4) is 0 Å². The van der Waals surface area contributed by atoms with Gasteiger partial charge in [0, 0.05) is 11.1 Å². The van der Waals surface area contributed by atoms with Crippen molar-refractivity contribution < 1.29 is 19.0 Å². The normalized spacial score (nSPS) is 10.6. The SMILES string of the molecule is COc1cc(C(=O)Nn2c(C)cnc2-c2c(C)cccc2C)cc(OC)c1OC. The summed E-state index contributed by atoms with van der Waals surface area (Å²) in [7, 11) is 4.54. The largest absolute Gasteiger partial charge is 0.493 e. The second kappa shape index (κ2) is 8.26. The molecule has 0 saturated carbocycles. The molecule has 0 bridgehead atoms. The Morgan fingerprint density at radius 2 is 1.55 bits per heavy atom. The molecule has 29 heavy (non-hydrogen) atoms. The fraction of sp³-hybridized carbons (Fsp3) is 0.273. The predicted molar refractivity (Wildman–Crippen MR) is 112 cm³/mol. The molecule has 1 aromatic heterocycles. The molecule has 0 aliphatic heterocycles. The summed E-state index contributed by atoms with van der Waals surface area (Å²) < 4.78 is 17.7. The minimum atomic E-state index is -0.321. The molecule has 1 amide bonds. The van der Waals surface area contributed by atoms with Gasteiger partial charge < -0.3 is 14.2 Å². The van der Waals surface area contributed by atoms with Gasteiger partial charge in [0.15, 0.2) is 17.3 Å². The van der Waals surface area contributed by atoms with Crippen LogP contribution in [0.25, 0.3) is 11.4 Å². The number of carbonyl (C=O) groups excluding carboxylic acids is 1. The number of methoxy groups -OCH3 is 3. The standard InChI is InChI=1S/C22H25N3O4/c1-13-8-7-9-14(2)19(13)21-23-12-15(3)25(21)24-22(26)16-10-17(27-4)20(29-6)18(11-16)28-5/h7-12H,1-6H3,(H,24,26). The fourth-order valence-corrected chi connectivity index (χ4v) is 3.30. The number of aryl methyl sites for hydroxylation is 3. The van der Waals surface area contributed by atoms with Crippen LogP contribution in [0.5, 0.6) is 17.2 Å². The van der Waals surface area contributed by atoms with Crippen LogP contribution in [0.4, 0.5) is 0 Å². The zero-order valence-electron chi connectivity index (χ0n) is 17.5. The van der Waals surface area contributed by atoms with Crippen LogP contribution >= 0.6 is 0 Å². The van der Waals surface area contributed by atoms with Gasteiger partial charge in [-0.2, -0.15) is 0 Å². The molecule has 152 valence electrons. The molecule has 2 aromatic carbocycles. The first-order valence-electron chi connectivity index (χ1n) is 9.13. The van der Waals surface area contributed by atoms with Crippen molar-refractivity contribution in [1.82, 2.24) is 9.66 Å². The Morgan fingerprint density at radius 3 is 2.07 bits per heavy atom. The number of nitrogens with one attached hydrogen (secondary N) is 1. The molecule has 1 N–H and O–H groups in total. The lowest BCUT2D eigenvalue weighted by Crippen LogP contribution is -2.25. The lowest BCUT2D eigenvalue weighted by atomic mass is 10.0. The molecule has 0 saturated heterocycles. The quantitative estimate of drug-likeness (QED) is 0.685. The first-order valence-corrected chi connectivity index (χ1v) is 9.13. The first-order chi connectivity index (χ1) is 13.9. The molecular weight excluding hydrogens is 370 g/mol. The lowest BCUT2D eigenvalue weighted by molar-refractivity contribution is 0.101. The second-order valence-corrected chi connectivity index (χ2v) is 6.68. The number of ether oxygens (including phenoxy) is 3. The molecule has 7 nitrogen and oxygen atoms in total. The molecule has 3 rings (SSSR count). The third kappa shape index (κ3) is 3.76. The highest BCUT2D eigenvalue weighted by molar-refractivity contribution is 6.01. The van der Waals surface area contributed by atoms with Gasteiger partial charge in [-0.25, -0.2) is 9.66 Å². The number of rotatable bonds is 6. The van der Waals surface area contributed by atoms with Crippen molar-refractivity contribution in [2.75, 3.05) is 26.8 Å². The Kier molecular flexibility index (Phi) is 5.77. The molecule has 0 radical (unpaired) electrons. The highest BCUT2D eigenvalue weighted by Crippen LogP contribution is 2.38. The number of hydrogen-bond acceptors (Lipinski definition) is 5. The van der Waals surface area contributed by atoms with Gasteiger partial charge in [-0.3, -0.25) is 10.2 Å². The number of hydrogen-bond donors (Lipinski definition) is 1. The minimum Gasteiger partial charge on any atom is -0.493 e. The van der Waals surface area contributed by atoms with Crippen LogP contribution in [0.1, 0.15) is 27.2 Å². The van der Waals surface area contributed by atoms with E-state index < -0.39 is 0 Å². The maximum absolute atomic E-state index is 13.0. The van der Waals surface area contributed by atoms with Gasteiger partial charge in [0.05, 0.1) is 33.2 Å². The summed E-state index contributed by atoms with van der Waals surface area (Å²) in [6.45, 7) is 5.94. The summed E-state index contributed by atoms with van der Waals surface area (Å²) in [5, 5.41) is 0. The van der Waals surface area contributed by atoms with Crippen LogP contribution in [0, 0.1) is 20.8 Å². The van der Waals surface area contributed by atoms with E-state index in [1.807, 2.05) is 39.0 Å². The zero-order valence-corrected chi connectivity index (χ0v) is 17.5. The summed E-state index contributed by atoms with van der Waals surface area (Å²) in [5.41, 5.74) is 7.27. The highest BCUT2D eigenvalue weighted by Gasteiger charge is 2.20. The zero-order chi connectivity index (χ0) is 21.1. The van der Waals surface area contributed by atoms with Crippen LogP contribution in [-0.2, 0) is 0 Å². The number of aromatic nitrogens is 2. The van der Waals surface area contributed by atoms with Gasteiger partial charge in [0.25, 0.3) is 5.91 Å². The molecule has 0 aliphatic carbocycles. The van der Waals surface area contributed by atoms with Crippen LogP contribution < -0.4 is 19.6 Å². The Hall–Kier alpha value is -3.48. The van der Waals surface area contributed by atoms with Gasteiger partial charge >= 0.3 is 0 Å². The third-order valence-electron chi connectivity index (χ3n) is 4.78. The fourth-order valence-electron chi connectivity index (χ4n) is 3.30. The molecule has 0 atom stereocenters. The van der Waals surface area contributed by atoms with Gasteiger partial charge in [-0.1, -0.05) is 18.2 Å². The summed E-state index contributed by atoms with van der Waals surface area (Å²) >= 11 is 0. The predicted octanol–water partition coefficient (Wildman–Crippen LogP) is 3.89. The topological polar surface area (TPSA) is 74.6 Å². The molecule has 0 spiro atoms. The second-order valence-electron chi connectivity index (χ2n) is 6.68. The van der Waals surface area contributed by atoms with Crippen molar-refractivity contribution in [1.29, 1.82) is 0 Å². The van der Waals surface area contributed by atoms with E-state index in [0.29, 0.717) is 28.6 Å². The molecule has 0 unspecified atom stereocenters. The number of carbonyl (C=O) groups is 1. The van der Waals surface area contributed by atoms with Gasteiger partial charge in [0.1, 0.15) is 0 Å². The number of nitrogens with zero attached hydrogens (tertiary/aromatic N) is 2. The average molecular weight is 395 g/mol. The Bertz CT molecular complexity index is 1010. The minimum absolute atomic E-state index is 0.321. The van der Waals surface area contributed by atoms with Crippen LogP contribution in [0.2, 0.25) is 0 Å². The third-order valence-corrected chi connectivity index (χ3v) is 4.78. The molecule has 7 heteroatoms. The lowest BCUT2D eigenvalue weighted by Gasteiger charge is -2.17. The number of amides is 1. The Balaban J connectivity index is 2.02. The summed E-state index contributed by atoms with van der Waals surface area (Å²) in [6.07, 6.45) is 1.73. The number of imidazole rings is 1. The monoisotopic (exact) mass is 395 g/mol. The van der Waals surface area contributed by atoms with E-state index in [0.717, 1.165) is 22.4 Å². The first kappa shape index (κ1) is 20.3. The average Bonchev–Trinajstić information content (AvgIpc) is 3.06. The van der Waals surface area contributed by atoms with Crippen LogP contribution in [0.15, 0.2) is 36.5 Å². The van der Waals surface area contributed by atoms with Gasteiger partial charge in [-0.15, -0.1) is 0 Å². The van der Waals surface area contributed by atoms with Crippen LogP contribution in [-0.4, -0.2) is 36.9 Å². The van der Waals surface area contributed by atoms with E-state index in [1.54, 1.807) is 23.0 Å². The molecule has 0 aliphatic rings.